The predicted octanol–water partition coefficient (Wildman–Crippen LogP) is 1.21. The lowest BCUT2D eigenvalue weighted by atomic mass is 10.1. The van der Waals surface area contributed by atoms with Crippen molar-refractivity contribution < 1.29 is 9.53 Å². The highest BCUT2D eigenvalue weighted by Crippen LogP contribution is 2.02. The Bertz CT molecular complexity index is 379. The second-order valence-corrected chi connectivity index (χ2v) is 3.33. The maximum Gasteiger partial charge on any atom is 0.222 e. The molecule has 0 heterocycles. The third kappa shape index (κ3) is 4.11. The number of methoxy groups -OCH3 is 1. The Balaban J connectivity index is 2.37. The molecular weight excluding hydrogens is 204 g/mol. The van der Waals surface area contributed by atoms with E-state index in [-0.39, 0.29) is 5.91 Å². The number of nitrogens with one attached hydrogen (secondary N) is 1. The van der Waals surface area contributed by atoms with Gasteiger partial charge in [0.1, 0.15) is 0 Å². The van der Waals surface area contributed by atoms with Crippen molar-refractivity contribution in [2.75, 3.05) is 13.7 Å². The molecule has 0 unspecified atom stereocenters. The molecular formula is C12H14N2O2. The van der Waals surface area contributed by atoms with E-state index in [1.165, 1.54) is 0 Å². The third-order valence-electron chi connectivity index (χ3n) is 2.11. The fourth-order valence-corrected chi connectivity index (χ4v) is 1.18. The van der Waals surface area contributed by atoms with Gasteiger partial charge in [0, 0.05) is 20.1 Å². The van der Waals surface area contributed by atoms with E-state index in [0.29, 0.717) is 25.1 Å². The number of carbonyl (C=O) groups excluding carboxylic acids is 1. The summed E-state index contributed by atoms with van der Waals surface area (Å²) in [6, 6.07) is 9.17. The Labute approximate surface area is 94.8 Å². The number of rotatable bonds is 5. The molecule has 0 aliphatic rings. The fraction of sp³-hybridized carbons (Fsp3) is 0.333. The van der Waals surface area contributed by atoms with Crippen LogP contribution in [0.2, 0.25) is 0 Å². The lowest BCUT2D eigenvalue weighted by Gasteiger charge is -2.04. The summed E-state index contributed by atoms with van der Waals surface area (Å²) in [5, 5.41) is 11.4. The van der Waals surface area contributed by atoms with Crippen LogP contribution in [0.25, 0.3) is 0 Å². The second kappa shape index (κ2) is 6.59. The molecule has 0 aromatic heterocycles. The maximum absolute atomic E-state index is 11.3. The van der Waals surface area contributed by atoms with Gasteiger partial charge in [-0.25, -0.2) is 0 Å². The number of ether oxygens (including phenoxy) is 1. The number of nitriles is 1. The number of carbonyl (C=O) groups is 1. The van der Waals surface area contributed by atoms with Gasteiger partial charge in [-0.15, -0.1) is 0 Å². The normalized spacial score (nSPS) is 9.50. The topological polar surface area (TPSA) is 62.1 Å². The summed E-state index contributed by atoms with van der Waals surface area (Å²) in [6.07, 6.45) is 0.368. The zero-order valence-corrected chi connectivity index (χ0v) is 9.19. The molecule has 0 radical (unpaired) electrons. The van der Waals surface area contributed by atoms with E-state index in [9.17, 15) is 4.79 Å². The quantitative estimate of drug-likeness (QED) is 0.808. The number of hydrogen-bond acceptors (Lipinski definition) is 3. The van der Waals surface area contributed by atoms with E-state index in [0.717, 1.165) is 5.56 Å². The van der Waals surface area contributed by atoms with Gasteiger partial charge < -0.3 is 10.1 Å². The summed E-state index contributed by atoms with van der Waals surface area (Å²) < 4.78 is 4.80. The summed E-state index contributed by atoms with van der Waals surface area (Å²) in [5.41, 5.74) is 1.60. The number of benzene rings is 1. The molecule has 0 saturated carbocycles. The third-order valence-corrected chi connectivity index (χ3v) is 2.11. The molecule has 84 valence electrons. The summed E-state index contributed by atoms with van der Waals surface area (Å²) in [7, 11) is 1.56. The van der Waals surface area contributed by atoms with E-state index >= 15 is 0 Å². The van der Waals surface area contributed by atoms with Gasteiger partial charge in [-0.05, 0) is 17.7 Å². The largest absolute Gasteiger partial charge is 0.384 e. The van der Waals surface area contributed by atoms with Gasteiger partial charge in [0.15, 0.2) is 0 Å². The minimum absolute atomic E-state index is 0.0359. The van der Waals surface area contributed by atoms with Crippen molar-refractivity contribution in [2.45, 2.75) is 13.0 Å². The Morgan fingerprint density at radius 3 is 2.69 bits per heavy atom. The van der Waals surface area contributed by atoms with Crippen molar-refractivity contribution >= 4 is 5.91 Å². The average molecular weight is 218 g/mol. The van der Waals surface area contributed by atoms with Gasteiger partial charge in [-0.2, -0.15) is 5.26 Å². The molecule has 1 amide bonds. The molecule has 0 saturated heterocycles. The first-order valence-electron chi connectivity index (χ1n) is 5.01. The van der Waals surface area contributed by atoms with Crippen molar-refractivity contribution in [2.24, 2.45) is 0 Å². The van der Waals surface area contributed by atoms with Crippen molar-refractivity contribution in [3.8, 4) is 6.07 Å². The molecule has 16 heavy (non-hydrogen) atoms. The Morgan fingerprint density at radius 2 is 2.12 bits per heavy atom. The summed E-state index contributed by atoms with van der Waals surface area (Å²) >= 11 is 0. The summed E-state index contributed by atoms with van der Waals surface area (Å²) in [6.45, 7) is 0.910. The molecule has 1 aromatic carbocycles. The molecule has 4 nitrogen and oxygen atoms in total. The van der Waals surface area contributed by atoms with Crippen LogP contribution in [0.15, 0.2) is 24.3 Å². The Morgan fingerprint density at radius 1 is 1.44 bits per heavy atom. The minimum Gasteiger partial charge on any atom is -0.384 e. The molecule has 1 aromatic rings. The fourth-order valence-electron chi connectivity index (χ4n) is 1.18. The molecule has 0 fully saturated rings. The summed E-state index contributed by atoms with van der Waals surface area (Å²) in [4.78, 5) is 11.3. The predicted molar refractivity (Wildman–Crippen MR) is 59.5 cm³/mol. The molecule has 0 spiro atoms. The van der Waals surface area contributed by atoms with Gasteiger partial charge in [-0.1, -0.05) is 12.1 Å². The van der Waals surface area contributed by atoms with Crippen LogP contribution in [0.4, 0.5) is 0 Å². The highest BCUT2D eigenvalue weighted by atomic mass is 16.5. The van der Waals surface area contributed by atoms with Gasteiger partial charge >= 0.3 is 0 Å². The molecule has 0 aliphatic carbocycles. The first-order valence-corrected chi connectivity index (χ1v) is 5.01. The maximum atomic E-state index is 11.3. The van der Waals surface area contributed by atoms with Crippen molar-refractivity contribution in [3.05, 3.63) is 35.4 Å². The lowest BCUT2D eigenvalue weighted by molar-refractivity contribution is -0.122. The SMILES string of the molecule is COCCC(=O)NCc1ccc(C#N)cc1. The first kappa shape index (κ1) is 12.2. The van der Waals surface area contributed by atoms with Crippen LogP contribution in [0, 0.1) is 11.3 Å². The highest BCUT2D eigenvalue weighted by Gasteiger charge is 2.00. The van der Waals surface area contributed by atoms with E-state index in [4.69, 9.17) is 10.00 Å². The molecule has 0 bridgehead atoms. The standard InChI is InChI=1S/C12H14N2O2/c1-16-7-6-12(15)14-9-11-4-2-10(8-13)3-5-11/h2-5H,6-7,9H2,1H3,(H,14,15). The van der Waals surface area contributed by atoms with Crippen molar-refractivity contribution in [3.63, 3.8) is 0 Å². The smallest absolute Gasteiger partial charge is 0.222 e. The molecule has 4 heteroatoms. The van der Waals surface area contributed by atoms with Gasteiger partial charge in [0.25, 0.3) is 0 Å². The zero-order valence-electron chi connectivity index (χ0n) is 9.19. The average Bonchev–Trinajstić information content (AvgIpc) is 2.34. The highest BCUT2D eigenvalue weighted by molar-refractivity contribution is 5.75. The van der Waals surface area contributed by atoms with Crippen LogP contribution in [0.1, 0.15) is 17.5 Å². The van der Waals surface area contributed by atoms with Gasteiger partial charge in [-0.3, -0.25) is 4.79 Å². The van der Waals surface area contributed by atoms with Crippen LogP contribution >= 0.6 is 0 Å². The first-order chi connectivity index (χ1) is 7.76. The number of nitrogens with zero attached hydrogens (tertiary/aromatic N) is 1. The number of hydrogen-bond donors (Lipinski definition) is 1. The van der Waals surface area contributed by atoms with Crippen LogP contribution < -0.4 is 5.32 Å². The van der Waals surface area contributed by atoms with E-state index in [2.05, 4.69) is 5.32 Å². The van der Waals surface area contributed by atoms with Crippen LogP contribution in [-0.4, -0.2) is 19.6 Å². The van der Waals surface area contributed by atoms with E-state index < -0.39 is 0 Å². The van der Waals surface area contributed by atoms with Crippen LogP contribution in [-0.2, 0) is 16.1 Å². The molecule has 1 rings (SSSR count). The number of amides is 1. The van der Waals surface area contributed by atoms with Gasteiger partial charge in [0.2, 0.25) is 5.91 Å². The molecule has 0 atom stereocenters. The molecule has 1 N–H and O–H groups in total. The zero-order chi connectivity index (χ0) is 11.8. The molecule has 0 aliphatic heterocycles. The van der Waals surface area contributed by atoms with E-state index in [1.807, 2.05) is 18.2 Å². The van der Waals surface area contributed by atoms with Crippen LogP contribution in [0.5, 0.6) is 0 Å². The Hall–Kier alpha value is -1.86. The second-order valence-electron chi connectivity index (χ2n) is 3.33. The van der Waals surface area contributed by atoms with Gasteiger partial charge in [0.05, 0.1) is 18.2 Å². The summed E-state index contributed by atoms with van der Waals surface area (Å²) in [5.74, 6) is -0.0359. The van der Waals surface area contributed by atoms with E-state index in [1.54, 1.807) is 19.2 Å². The van der Waals surface area contributed by atoms with Crippen molar-refractivity contribution in [1.82, 2.24) is 5.32 Å². The minimum atomic E-state index is -0.0359. The lowest BCUT2D eigenvalue weighted by Crippen LogP contribution is -2.23. The Kier molecular flexibility index (Phi) is 5.03. The van der Waals surface area contributed by atoms with Crippen LogP contribution in [0.3, 0.4) is 0 Å². The van der Waals surface area contributed by atoms with Crippen molar-refractivity contribution in [1.29, 1.82) is 5.26 Å². The monoisotopic (exact) mass is 218 g/mol.